The Labute approximate surface area is 158 Å². The van der Waals surface area contributed by atoms with Crippen molar-refractivity contribution < 1.29 is 13.6 Å². The largest absolute Gasteiger partial charge is 0.322 e. The van der Waals surface area contributed by atoms with Crippen LogP contribution in [0, 0.1) is 11.6 Å². The number of benzene rings is 3. The van der Waals surface area contributed by atoms with Crippen molar-refractivity contribution in [2.75, 3.05) is 5.32 Å². The zero-order valence-electron chi connectivity index (χ0n) is 14.5. The van der Waals surface area contributed by atoms with Gasteiger partial charge in [0.1, 0.15) is 11.6 Å². The van der Waals surface area contributed by atoms with Crippen LogP contribution in [0.3, 0.4) is 0 Å². The summed E-state index contributed by atoms with van der Waals surface area (Å²) in [5.41, 5.74) is 1.79. The number of pyridine rings is 1. The number of hydrogen-bond donors (Lipinski definition) is 2. The lowest BCUT2D eigenvalue weighted by molar-refractivity contribution is 0.102. The van der Waals surface area contributed by atoms with E-state index in [1.54, 1.807) is 36.4 Å². The van der Waals surface area contributed by atoms with Crippen molar-refractivity contribution in [1.82, 2.24) is 4.98 Å². The number of aromatic amines is 1. The summed E-state index contributed by atoms with van der Waals surface area (Å²) in [7, 11) is 0. The van der Waals surface area contributed by atoms with Crippen molar-refractivity contribution in [3.05, 3.63) is 100 Å². The Balaban J connectivity index is 1.77. The first-order chi connectivity index (χ1) is 13.5. The van der Waals surface area contributed by atoms with Crippen LogP contribution < -0.4 is 10.9 Å². The minimum absolute atomic E-state index is 0.161. The number of hydrogen-bond acceptors (Lipinski definition) is 2. The number of aromatic nitrogens is 1. The highest BCUT2D eigenvalue weighted by Crippen LogP contribution is 2.25. The highest BCUT2D eigenvalue weighted by Gasteiger charge is 2.13. The maximum Gasteiger partial charge on any atom is 0.256 e. The predicted molar refractivity (Wildman–Crippen MR) is 104 cm³/mol. The third-order valence-corrected chi connectivity index (χ3v) is 4.33. The Morgan fingerprint density at radius 3 is 2.29 bits per heavy atom. The number of rotatable bonds is 3. The number of H-pyrrole nitrogens is 1. The van der Waals surface area contributed by atoms with Gasteiger partial charge < -0.3 is 10.3 Å². The van der Waals surface area contributed by atoms with Gasteiger partial charge in [0, 0.05) is 22.7 Å². The number of nitrogens with one attached hydrogen (secondary N) is 2. The molecule has 6 heteroatoms. The van der Waals surface area contributed by atoms with Gasteiger partial charge in [-0.1, -0.05) is 30.3 Å². The second-order valence-corrected chi connectivity index (χ2v) is 6.28. The van der Waals surface area contributed by atoms with Gasteiger partial charge in [-0.05, 0) is 47.5 Å². The molecule has 0 spiro atoms. The molecule has 4 nitrogen and oxygen atoms in total. The second-order valence-electron chi connectivity index (χ2n) is 6.28. The molecule has 4 aromatic rings. The van der Waals surface area contributed by atoms with E-state index in [4.69, 9.17) is 0 Å². The summed E-state index contributed by atoms with van der Waals surface area (Å²) in [5, 5.41) is 3.11. The smallest absolute Gasteiger partial charge is 0.256 e. The Bertz CT molecular complexity index is 1260. The fourth-order valence-electron chi connectivity index (χ4n) is 3.06. The van der Waals surface area contributed by atoms with Crippen molar-refractivity contribution in [3.8, 4) is 11.1 Å². The second kappa shape index (κ2) is 7.08. The van der Waals surface area contributed by atoms with E-state index in [9.17, 15) is 18.4 Å². The van der Waals surface area contributed by atoms with Crippen LogP contribution >= 0.6 is 0 Å². The maximum absolute atomic E-state index is 13.5. The summed E-state index contributed by atoms with van der Waals surface area (Å²) in [4.78, 5) is 27.4. The highest BCUT2D eigenvalue weighted by molar-refractivity contribution is 6.12. The number of fused-ring (bicyclic) bond motifs is 1. The molecule has 1 amide bonds. The first kappa shape index (κ1) is 17.6. The molecule has 4 rings (SSSR count). The fraction of sp³-hybridized carbons (Fsp3) is 0. The molecule has 0 fully saturated rings. The number of amides is 1. The highest BCUT2D eigenvalue weighted by atomic mass is 19.1. The van der Waals surface area contributed by atoms with E-state index in [0.717, 1.165) is 0 Å². The van der Waals surface area contributed by atoms with Crippen LogP contribution in [0.15, 0.2) is 77.6 Å². The normalized spacial score (nSPS) is 10.8. The molecule has 0 aliphatic rings. The van der Waals surface area contributed by atoms with Gasteiger partial charge in [-0.25, -0.2) is 8.78 Å². The monoisotopic (exact) mass is 376 g/mol. The van der Waals surface area contributed by atoms with Gasteiger partial charge >= 0.3 is 0 Å². The number of carbonyl (C=O) groups is 1. The fourth-order valence-corrected chi connectivity index (χ4v) is 3.06. The first-order valence-electron chi connectivity index (χ1n) is 8.49. The van der Waals surface area contributed by atoms with Gasteiger partial charge in [-0.3, -0.25) is 9.59 Å². The van der Waals surface area contributed by atoms with Gasteiger partial charge in [0.15, 0.2) is 0 Å². The predicted octanol–water partition coefficient (Wildman–Crippen LogP) is 4.73. The van der Waals surface area contributed by atoms with Gasteiger partial charge in [0.25, 0.3) is 5.91 Å². The average molecular weight is 376 g/mol. The summed E-state index contributed by atoms with van der Waals surface area (Å²) in [6, 6.07) is 17.9. The SMILES string of the molecule is O=C(Nc1cccc(F)c1)c1cc(=O)[nH]c2cc(-c3cccc(F)c3)ccc12. The molecule has 0 radical (unpaired) electrons. The molecular weight excluding hydrogens is 362 g/mol. The van der Waals surface area contributed by atoms with E-state index in [2.05, 4.69) is 10.3 Å². The quantitative estimate of drug-likeness (QED) is 0.543. The van der Waals surface area contributed by atoms with E-state index in [-0.39, 0.29) is 17.1 Å². The molecule has 138 valence electrons. The Morgan fingerprint density at radius 1 is 0.821 bits per heavy atom. The van der Waals surface area contributed by atoms with E-state index < -0.39 is 17.3 Å². The van der Waals surface area contributed by atoms with Crippen LogP contribution in [0.4, 0.5) is 14.5 Å². The van der Waals surface area contributed by atoms with Gasteiger partial charge in [-0.2, -0.15) is 0 Å². The van der Waals surface area contributed by atoms with Crippen LogP contribution in [0.25, 0.3) is 22.0 Å². The maximum atomic E-state index is 13.5. The van der Waals surface area contributed by atoms with Crippen molar-refractivity contribution in [1.29, 1.82) is 0 Å². The molecule has 0 saturated carbocycles. The number of halogens is 2. The molecule has 0 aliphatic heterocycles. The van der Waals surface area contributed by atoms with Crippen LogP contribution in [0.2, 0.25) is 0 Å². The number of carbonyl (C=O) groups excluding carboxylic acids is 1. The minimum Gasteiger partial charge on any atom is -0.322 e. The Morgan fingerprint density at radius 2 is 1.54 bits per heavy atom. The minimum atomic E-state index is -0.528. The van der Waals surface area contributed by atoms with Crippen molar-refractivity contribution in [3.63, 3.8) is 0 Å². The molecular formula is C22H14F2N2O2. The van der Waals surface area contributed by atoms with E-state index >= 15 is 0 Å². The summed E-state index contributed by atoms with van der Waals surface area (Å²) < 4.78 is 26.8. The molecule has 0 bridgehead atoms. The lowest BCUT2D eigenvalue weighted by atomic mass is 10.0. The van der Waals surface area contributed by atoms with Gasteiger partial charge in [-0.15, -0.1) is 0 Å². The van der Waals surface area contributed by atoms with Crippen molar-refractivity contribution in [2.45, 2.75) is 0 Å². The van der Waals surface area contributed by atoms with E-state index in [0.29, 0.717) is 22.0 Å². The zero-order chi connectivity index (χ0) is 19.7. The van der Waals surface area contributed by atoms with Crippen LogP contribution in [-0.4, -0.2) is 10.9 Å². The lowest BCUT2D eigenvalue weighted by Crippen LogP contribution is -2.17. The molecule has 28 heavy (non-hydrogen) atoms. The molecule has 1 aromatic heterocycles. The van der Waals surface area contributed by atoms with Gasteiger partial charge in [0.2, 0.25) is 5.56 Å². The van der Waals surface area contributed by atoms with Crippen molar-refractivity contribution in [2.24, 2.45) is 0 Å². The topological polar surface area (TPSA) is 62.0 Å². The molecule has 1 heterocycles. The van der Waals surface area contributed by atoms with Gasteiger partial charge in [0.05, 0.1) is 5.56 Å². The third-order valence-electron chi connectivity index (χ3n) is 4.33. The third kappa shape index (κ3) is 3.53. The summed E-state index contributed by atoms with van der Waals surface area (Å²) >= 11 is 0. The standard InChI is InChI=1S/C22H14F2N2O2/c23-15-4-1-3-13(9-15)14-7-8-18-19(12-21(27)26-20(18)10-14)22(28)25-17-6-2-5-16(24)11-17/h1-12H,(H,25,28)(H,26,27). The average Bonchev–Trinajstić information content (AvgIpc) is 2.66. The lowest BCUT2D eigenvalue weighted by Gasteiger charge is -2.10. The van der Waals surface area contributed by atoms with Crippen LogP contribution in [0.1, 0.15) is 10.4 Å². The molecule has 2 N–H and O–H groups in total. The summed E-state index contributed by atoms with van der Waals surface area (Å²) in [5.74, 6) is -1.37. The zero-order valence-corrected chi connectivity index (χ0v) is 14.5. The summed E-state index contributed by atoms with van der Waals surface area (Å²) in [6.45, 7) is 0. The van der Waals surface area contributed by atoms with E-state index in [1.807, 2.05) is 0 Å². The van der Waals surface area contributed by atoms with Crippen LogP contribution in [0.5, 0.6) is 0 Å². The molecule has 0 aliphatic carbocycles. The molecule has 3 aromatic carbocycles. The van der Waals surface area contributed by atoms with Crippen LogP contribution in [-0.2, 0) is 0 Å². The Hall–Kier alpha value is -3.80. The summed E-state index contributed by atoms with van der Waals surface area (Å²) in [6.07, 6.45) is 0. The molecule has 0 unspecified atom stereocenters. The molecule has 0 atom stereocenters. The van der Waals surface area contributed by atoms with E-state index in [1.165, 1.54) is 36.4 Å². The molecule has 0 saturated heterocycles. The first-order valence-corrected chi connectivity index (χ1v) is 8.49. The van der Waals surface area contributed by atoms with Crippen molar-refractivity contribution >= 4 is 22.5 Å². The number of anilines is 1. The Kier molecular flexibility index (Phi) is 4.45.